The minimum Gasteiger partial charge on any atom is -0.399 e. The monoisotopic (exact) mass is 160 g/mol. The van der Waals surface area contributed by atoms with Crippen LogP contribution in [0.1, 0.15) is 11.3 Å². The number of aromatic amines is 1. The Morgan fingerprint density at radius 2 is 2.00 bits per heavy atom. The van der Waals surface area contributed by atoms with Gasteiger partial charge in [0.25, 0.3) is 0 Å². The van der Waals surface area contributed by atoms with Crippen molar-refractivity contribution >= 4 is 16.6 Å². The fraction of sp³-hybridized carbons (Fsp3) is 0.200. The molecule has 62 valence electrons. The van der Waals surface area contributed by atoms with E-state index in [-0.39, 0.29) is 0 Å². The average molecular weight is 160 g/mol. The molecule has 2 aromatic rings. The first-order valence-corrected chi connectivity index (χ1v) is 4.03. The number of anilines is 1. The van der Waals surface area contributed by atoms with Crippen LogP contribution in [-0.2, 0) is 0 Å². The van der Waals surface area contributed by atoms with Gasteiger partial charge in [-0.3, -0.25) is 0 Å². The zero-order valence-electron chi connectivity index (χ0n) is 7.31. The van der Waals surface area contributed by atoms with Crippen LogP contribution < -0.4 is 5.73 Å². The number of nitrogen functional groups attached to an aromatic ring is 1. The average Bonchev–Trinajstić information content (AvgIpc) is 2.28. The molecule has 2 heteroatoms. The molecule has 1 heterocycles. The Bertz CT molecular complexity index is 427. The quantitative estimate of drug-likeness (QED) is 0.571. The molecule has 0 saturated heterocycles. The maximum Gasteiger partial charge on any atom is 0.0479 e. The highest BCUT2D eigenvalue weighted by Crippen LogP contribution is 2.22. The smallest absolute Gasteiger partial charge is 0.0479 e. The molecule has 0 bridgehead atoms. The maximum atomic E-state index is 5.66. The van der Waals surface area contributed by atoms with Gasteiger partial charge in [-0.2, -0.15) is 0 Å². The number of hydrogen-bond acceptors (Lipinski definition) is 1. The zero-order valence-corrected chi connectivity index (χ0v) is 7.31. The normalized spacial score (nSPS) is 10.8. The van der Waals surface area contributed by atoms with Crippen molar-refractivity contribution in [2.75, 3.05) is 5.73 Å². The molecular weight excluding hydrogens is 148 g/mol. The molecule has 0 aliphatic heterocycles. The molecule has 3 N–H and O–H groups in total. The van der Waals surface area contributed by atoms with Crippen molar-refractivity contribution in [1.82, 2.24) is 4.98 Å². The number of nitrogens with two attached hydrogens (primary N) is 1. The molecule has 12 heavy (non-hydrogen) atoms. The summed E-state index contributed by atoms with van der Waals surface area (Å²) >= 11 is 0. The SMILES string of the molecule is Cc1[nH]c2cc(N)ccc2c1C. The second kappa shape index (κ2) is 2.27. The van der Waals surface area contributed by atoms with Gasteiger partial charge in [-0.15, -0.1) is 0 Å². The topological polar surface area (TPSA) is 41.8 Å². The summed E-state index contributed by atoms with van der Waals surface area (Å²) < 4.78 is 0. The molecule has 0 atom stereocenters. The van der Waals surface area contributed by atoms with Crippen molar-refractivity contribution < 1.29 is 0 Å². The van der Waals surface area contributed by atoms with Crippen LogP contribution in [0.15, 0.2) is 18.2 Å². The fourth-order valence-electron chi connectivity index (χ4n) is 1.49. The van der Waals surface area contributed by atoms with E-state index in [1.807, 2.05) is 12.1 Å². The summed E-state index contributed by atoms with van der Waals surface area (Å²) in [6.45, 7) is 4.19. The molecule has 0 spiro atoms. The van der Waals surface area contributed by atoms with Gasteiger partial charge >= 0.3 is 0 Å². The first kappa shape index (κ1) is 7.22. The molecule has 0 amide bonds. The Balaban J connectivity index is 2.87. The van der Waals surface area contributed by atoms with E-state index >= 15 is 0 Å². The molecule has 0 fully saturated rings. The van der Waals surface area contributed by atoms with Gasteiger partial charge in [0, 0.05) is 22.3 Å². The number of rotatable bonds is 0. The Labute approximate surface area is 71.4 Å². The summed E-state index contributed by atoms with van der Waals surface area (Å²) in [7, 11) is 0. The standard InChI is InChI=1S/C10H12N2/c1-6-7(2)12-10-5-8(11)3-4-9(6)10/h3-5,12H,11H2,1-2H3. The van der Waals surface area contributed by atoms with E-state index in [9.17, 15) is 0 Å². The molecule has 0 saturated carbocycles. The van der Waals surface area contributed by atoms with Crippen molar-refractivity contribution in [3.8, 4) is 0 Å². The van der Waals surface area contributed by atoms with Crippen molar-refractivity contribution in [3.05, 3.63) is 29.5 Å². The van der Waals surface area contributed by atoms with Crippen molar-refractivity contribution in [2.24, 2.45) is 0 Å². The van der Waals surface area contributed by atoms with Crippen molar-refractivity contribution in [3.63, 3.8) is 0 Å². The third kappa shape index (κ3) is 0.881. The lowest BCUT2D eigenvalue weighted by Gasteiger charge is -1.92. The molecule has 2 rings (SSSR count). The summed E-state index contributed by atoms with van der Waals surface area (Å²) in [4.78, 5) is 3.29. The van der Waals surface area contributed by atoms with Crippen LogP contribution in [0.2, 0.25) is 0 Å². The van der Waals surface area contributed by atoms with Crippen LogP contribution >= 0.6 is 0 Å². The van der Waals surface area contributed by atoms with E-state index in [1.54, 1.807) is 0 Å². The molecule has 1 aromatic heterocycles. The lowest BCUT2D eigenvalue weighted by atomic mass is 10.1. The van der Waals surface area contributed by atoms with Gasteiger partial charge in [-0.1, -0.05) is 6.07 Å². The first-order valence-electron chi connectivity index (χ1n) is 4.03. The van der Waals surface area contributed by atoms with Crippen LogP contribution in [-0.4, -0.2) is 4.98 Å². The number of hydrogen-bond donors (Lipinski definition) is 2. The van der Waals surface area contributed by atoms with E-state index in [0.717, 1.165) is 11.2 Å². The predicted molar refractivity (Wildman–Crippen MR) is 52.2 cm³/mol. The highest BCUT2D eigenvalue weighted by Gasteiger charge is 2.02. The lowest BCUT2D eigenvalue weighted by molar-refractivity contribution is 1.25. The van der Waals surface area contributed by atoms with Gasteiger partial charge in [0.15, 0.2) is 0 Å². The van der Waals surface area contributed by atoms with Crippen LogP contribution in [0.4, 0.5) is 5.69 Å². The Morgan fingerprint density at radius 1 is 1.25 bits per heavy atom. The van der Waals surface area contributed by atoms with Crippen LogP contribution in [0.25, 0.3) is 10.9 Å². The summed E-state index contributed by atoms with van der Waals surface area (Å²) in [5.74, 6) is 0. The van der Waals surface area contributed by atoms with Gasteiger partial charge in [0.2, 0.25) is 0 Å². The van der Waals surface area contributed by atoms with E-state index in [4.69, 9.17) is 5.73 Å². The van der Waals surface area contributed by atoms with Crippen LogP contribution in [0.3, 0.4) is 0 Å². The summed E-state index contributed by atoms with van der Waals surface area (Å²) in [5, 5.41) is 1.27. The number of aryl methyl sites for hydroxylation is 2. The highest BCUT2D eigenvalue weighted by molar-refractivity contribution is 5.86. The number of aromatic nitrogens is 1. The van der Waals surface area contributed by atoms with E-state index < -0.39 is 0 Å². The zero-order chi connectivity index (χ0) is 8.72. The number of fused-ring (bicyclic) bond motifs is 1. The summed E-state index contributed by atoms with van der Waals surface area (Å²) in [6, 6.07) is 5.96. The number of nitrogens with one attached hydrogen (secondary N) is 1. The largest absolute Gasteiger partial charge is 0.399 e. The van der Waals surface area contributed by atoms with Crippen LogP contribution in [0, 0.1) is 13.8 Å². The Morgan fingerprint density at radius 3 is 2.75 bits per heavy atom. The molecule has 0 aliphatic carbocycles. The van der Waals surface area contributed by atoms with Gasteiger partial charge in [-0.05, 0) is 31.5 Å². The molecule has 0 unspecified atom stereocenters. The second-order valence-electron chi connectivity index (χ2n) is 3.18. The molecule has 1 aromatic carbocycles. The minimum atomic E-state index is 0.809. The molecule has 2 nitrogen and oxygen atoms in total. The highest BCUT2D eigenvalue weighted by atomic mass is 14.7. The molecule has 0 aliphatic rings. The fourth-order valence-corrected chi connectivity index (χ4v) is 1.49. The van der Waals surface area contributed by atoms with Gasteiger partial charge in [0.05, 0.1) is 0 Å². The van der Waals surface area contributed by atoms with Gasteiger partial charge < -0.3 is 10.7 Å². The second-order valence-corrected chi connectivity index (χ2v) is 3.18. The maximum absolute atomic E-state index is 5.66. The van der Waals surface area contributed by atoms with Gasteiger partial charge in [0.1, 0.15) is 0 Å². The minimum absolute atomic E-state index is 0.809. The van der Waals surface area contributed by atoms with Crippen molar-refractivity contribution in [2.45, 2.75) is 13.8 Å². The van der Waals surface area contributed by atoms with E-state index in [1.165, 1.54) is 16.6 Å². The molecule has 0 radical (unpaired) electrons. The number of benzene rings is 1. The number of H-pyrrole nitrogens is 1. The lowest BCUT2D eigenvalue weighted by Crippen LogP contribution is -1.82. The van der Waals surface area contributed by atoms with Gasteiger partial charge in [-0.25, -0.2) is 0 Å². The van der Waals surface area contributed by atoms with E-state index in [2.05, 4.69) is 24.9 Å². The first-order chi connectivity index (χ1) is 5.68. The Hall–Kier alpha value is -1.44. The molecular formula is C10H12N2. The van der Waals surface area contributed by atoms with Crippen molar-refractivity contribution in [1.29, 1.82) is 0 Å². The predicted octanol–water partition coefficient (Wildman–Crippen LogP) is 2.37. The third-order valence-electron chi connectivity index (χ3n) is 2.33. The Kier molecular flexibility index (Phi) is 1.37. The summed E-state index contributed by atoms with van der Waals surface area (Å²) in [6.07, 6.45) is 0. The van der Waals surface area contributed by atoms with E-state index in [0.29, 0.717) is 0 Å². The third-order valence-corrected chi connectivity index (χ3v) is 2.33. The van der Waals surface area contributed by atoms with Crippen LogP contribution in [0.5, 0.6) is 0 Å². The summed E-state index contributed by atoms with van der Waals surface area (Å²) in [5.41, 5.74) is 10.1.